The molecule has 3 rings (SSSR count). The molecule has 6 nitrogen and oxygen atoms in total. The van der Waals surface area contributed by atoms with Crippen molar-refractivity contribution in [3.05, 3.63) is 53.2 Å². The van der Waals surface area contributed by atoms with E-state index >= 15 is 0 Å². The van der Waals surface area contributed by atoms with Gasteiger partial charge < -0.3 is 5.32 Å². The highest BCUT2D eigenvalue weighted by atomic mass is 32.2. The van der Waals surface area contributed by atoms with Gasteiger partial charge in [-0.3, -0.25) is 9.20 Å². The number of carbonyl (C=O) groups is 1. The second-order valence-electron chi connectivity index (χ2n) is 4.84. The average Bonchev–Trinajstić information content (AvgIpc) is 3.20. The maximum Gasteiger partial charge on any atom is 0.234 e. The second-order valence-corrected chi connectivity index (χ2v) is 6.68. The van der Waals surface area contributed by atoms with E-state index in [4.69, 9.17) is 10.5 Å². The van der Waals surface area contributed by atoms with E-state index in [1.165, 1.54) is 29.2 Å². The first-order valence-corrected chi connectivity index (χ1v) is 9.03. The fourth-order valence-corrected chi connectivity index (χ4v) is 3.67. The van der Waals surface area contributed by atoms with E-state index in [2.05, 4.69) is 10.3 Å². The molecule has 0 atom stereocenters. The molecule has 0 bridgehead atoms. The quantitative estimate of drug-likeness (QED) is 0.551. The third kappa shape index (κ3) is 3.89. The molecular formula is C17H11N5OS2. The molecule has 0 saturated carbocycles. The number of amides is 1. The fraction of sp³-hybridized carbons (Fsp3) is 0.0588. The van der Waals surface area contributed by atoms with E-state index in [1.807, 2.05) is 54.0 Å². The summed E-state index contributed by atoms with van der Waals surface area (Å²) in [4.78, 5) is 17.3. The lowest BCUT2D eigenvalue weighted by Gasteiger charge is -2.04. The predicted octanol–water partition coefficient (Wildman–Crippen LogP) is 3.56. The molecular weight excluding hydrogens is 354 g/mol. The van der Waals surface area contributed by atoms with Crippen molar-refractivity contribution in [1.82, 2.24) is 9.38 Å². The Labute approximate surface area is 152 Å². The van der Waals surface area contributed by atoms with Gasteiger partial charge in [0.25, 0.3) is 0 Å². The van der Waals surface area contributed by atoms with Gasteiger partial charge in [-0.05, 0) is 18.2 Å². The normalized spacial score (nSPS) is 10.0. The average molecular weight is 365 g/mol. The number of anilines is 1. The van der Waals surface area contributed by atoms with Crippen LogP contribution in [0.5, 0.6) is 0 Å². The van der Waals surface area contributed by atoms with Crippen LogP contribution in [0, 0.1) is 22.7 Å². The van der Waals surface area contributed by atoms with Crippen LogP contribution >= 0.6 is 23.1 Å². The largest absolute Gasteiger partial charge is 0.325 e. The van der Waals surface area contributed by atoms with E-state index in [-0.39, 0.29) is 17.2 Å². The SMILES string of the molecule is N#CC(C#N)=Cc1c(SCC(=O)Nc2ccccc2)nc2sccn12. The van der Waals surface area contributed by atoms with Gasteiger partial charge in [-0.25, -0.2) is 4.98 Å². The number of hydrogen-bond donors (Lipinski definition) is 1. The Morgan fingerprint density at radius 3 is 2.80 bits per heavy atom. The number of carbonyl (C=O) groups excluding carboxylic acids is 1. The van der Waals surface area contributed by atoms with Gasteiger partial charge in [-0.2, -0.15) is 10.5 Å². The molecule has 1 N–H and O–H groups in total. The molecule has 2 heterocycles. The van der Waals surface area contributed by atoms with Crippen LogP contribution in [0.2, 0.25) is 0 Å². The summed E-state index contributed by atoms with van der Waals surface area (Å²) in [6.45, 7) is 0. The molecule has 0 aliphatic carbocycles. The number of nitrogens with one attached hydrogen (secondary N) is 1. The van der Waals surface area contributed by atoms with Crippen LogP contribution < -0.4 is 5.32 Å². The van der Waals surface area contributed by atoms with Crippen molar-refractivity contribution in [3.63, 3.8) is 0 Å². The molecule has 0 aliphatic rings. The molecule has 8 heteroatoms. The highest BCUT2D eigenvalue weighted by molar-refractivity contribution is 8.00. The Morgan fingerprint density at radius 1 is 1.32 bits per heavy atom. The number of thioether (sulfide) groups is 1. The summed E-state index contributed by atoms with van der Waals surface area (Å²) in [5, 5.41) is 23.3. The first-order chi connectivity index (χ1) is 12.2. The molecule has 0 aliphatic heterocycles. The highest BCUT2D eigenvalue weighted by Crippen LogP contribution is 2.27. The summed E-state index contributed by atoms with van der Waals surface area (Å²) in [6.07, 6.45) is 3.31. The number of allylic oxidation sites excluding steroid dienone is 1. The number of nitrogens with zero attached hydrogens (tertiary/aromatic N) is 4. The smallest absolute Gasteiger partial charge is 0.234 e. The first kappa shape index (κ1) is 16.8. The van der Waals surface area contributed by atoms with Crippen molar-refractivity contribution in [2.45, 2.75) is 5.03 Å². The number of fused-ring (bicyclic) bond motifs is 1. The minimum Gasteiger partial charge on any atom is -0.325 e. The Bertz CT molecular complexity index is 1000. The number of thiazole rings is 1. The number of nitriles is 2. The minimum absolute atomic E-state index is 0.0106. The van der Waals surface area contributed by atoms with Crippen LogP contribution in [0.1, 0.15) is 5.69 Å². The minimum atomic E-state index is -0.150. The van der Waals surface area contributed by atoms with Gasteiger partial charge in [-0.15, -0.1) is 11.3 Å². The van der Waals surface area contributed by atoms with Crippen LogP contribution in [0.15, 0.2) is 52.5 Å². The zero-order valence-corrected chi connectivity index (χ0v) is 14.5. The second kappa shape index (κ2) is 7.67. The summed E-state index contributed by atoms with van der Waals surface area (Å²) in [6, 6.07) is 12.9. The molecule has 25 heavy (non-hydrogen) atoms. The van der Waals surface area contributed by atoms with Crippen molar-refractivity contribution >= 4 is 45.7 Å². The van der Waals surface area contributed by atoms with Crippen LogP contribution in [0.4, 0.5) is 5.69 Å². The fourth-order valence-electron chi connectivity index (χ4n) is 2.10. The Hall–Kier alpha value is -3.07. The van der Waals surface area contributed by atoms with Gasteiger partial charge in [-0.1, -0.05) is 30.0 Å². The van der Waals surface area contributed by atoms with Crippen molar-refractivity contribution in [1.29, 1.82) is 10.5 Å². The molecule has 1 aromatic carbocycles. The van der Waals surface area contributed by atoms with E-state index in [1.54, 1.807) is 4.40 Å². The third-order valence-electron chi connectivity index (χ3n) is 3.18. The predicted molar refractivity (Wildman–Crippen MR) is 98.1 cm³/mol. The molecule has 1 amide bonds. The molecule has 3 aromatic rings. The number of aromatic nitrogens is 2. The molecule has 0 fully saturated rings. The lowest BCUT2D eigenvalue weighted by molar-refractivity contribution is -0.113. The van der Waals surface area contributed by atoms with Gasteiger partial charge in [0.15, 0.2) is 4.96 Å². The topological polar surface area (TPSA) is 94.0 Å². The highest BCUT2D eigenvalue weighted by Gasteiger charge is 2.14. The Balaban J connectivity index is 1.79. The first-order valence-electron chi connectivity index (χ1n) is 7.16. The monoisotopic (exact) mass is 365 g/mol. The lowest BCUT2D eigenvalue weighted by atomic mass is 10.2. The standard InChI is InChI=1S/C17H11N5OS2/c18-9-12(10-19)8-14-16(21-17-22(14)6-7-24-17)25-11-15(23)20-13-4-2-1-3-5-13/h1-8H,11H2,(H,20,23). The van der Waals surface area contributed by atoms with Crippen LogP contribution in [-0.2, 0) is 4.79 Å². The number of imidazole rings is 1. The van der Waals surface area contributed by atoms with Crippen LogP contribution in [-0.4, -0.2) is 21.0 Å². The van der Waals surface area contributed by atoms with Crippen molar-refractivity contribution in [2.24, 2.45) is 0 Å². The van der Waals surface area contributed by atoms with Crippen molar-refractivity contribution < 1.29 is 4.79 Å². The number of para-hydroxylation sites is 1. The molecule has 0 radical (unpaired) electrons. The summed E-state index contributed by atoms with van der Waals surface area (Å²) in [5.41, 5.74) is 1.35. The maximum atomic E-state index is 12.1. The van der Waals surface area contributed by atoms with Crippen molar-refractivity contribution in [2.75, 3.05) is 11.1 Å². The molecule has 0 saturated heterocycles. The van der Waals surface area contributed by atoms with Gasteiger partial charge in [0, 0.05) is 17.3 Å². The number of hydrogen-bond acceptors (Lipinski definition) is 6. The zero-order chi connectivity index (χ0) is 17.6. The maximum absolute atomic E-state index is 12.1. The van der Waals surface area contributed by atoms with Crippen LogP contribution in [0.3, 0.4) is 0 Å². The van der Waals surface area contributed by atoms with Gasteiger partial charge in [0.05, 0.1) is 11.4 Å². The Morgan fingerprint density at radius 2 is 2.08 bits per heavy atom. The summed E-state index contributed by atoms with van der Waals surface area (Å²) in [7, 11) is 0. The summed E-state index contributed by atoms with van der Waals surface area (Å²) >= 11 is 2.71. The molecule has 2 aromatic heterocycles. The van der Waals surface area contributed by atoms with E-state index in [9.17, 15) is 4.79 Å². The Kier molecular flexibility index (Phi) is 5.14. The number of rotatable bonds is 5. The van der Waals surface area contributed by atoms with Gasteiger partial charge in [0.2, 0.25) is 5.91 Å². The van der Waals surface area contributed by atoms with E-state index in [0.29, 0.717) is 10.7 Å². The molecule has 0 unspecified atom stereocenters. The van der Waals surface area contributed by atoms with E-state index in [0.717, 1.165) is 10.6 Å². The molecule has 122 valence electrons. The van der Waals surface area contributed by atoms with Gasteiger partial charge in [0.1, 0.15) is 22.7 Å². The van der Waals surface area contributed by atoms with E-state index < -0.39 is 0 Å². The zero-order valence-electron chi connectivity index (χ0n) is 12.8. The third-order valence-corrected chi connectivity index (χ3v) is 4.92. The molecule has 0 spiro atoms. The summed E-state index contributed by atoms with van der Waals surface area (Å²) in [5.74, 6) is 0.0259. The van der Waals surface area contributed by atoms with Crippen molar-refractivity contribution in [3.8, 4) is 12.1 Å². The van der Waals surface area contributed by atoms with Crippen LogP contribution in [0.25, 0.3) is 11.0 Å². The lowest BCUT2D eigenvalue weighted by Crippen LogP contribution is -2.13. The number of benzene rings is 1. The summed E-state index contributed by atoms with van der Waals surface area (Å²) < 4.78 is 1.80. The van der Waals surface area contributed by atoms with Gasteiger partial charge >= 0.3 is 0 Å².